The maximum Gasteiger partial charge on any atom is 0.333 e. The van der Waals surface area contributed by atoms with E-state index in [9.17, 15) is 9.90 Å². The van der Waals surface area contributed by atoms with Gasteiger partial charge in [-0.15, -0.1) is 0 Å². The molecule has 3 N–H and O–H groups in total. The average Bonchev–Trinajstić information content (AvgIpc) is 2.91. The van der Waals surface area contributed by atoms with Gasteiger partial charge in [0.1, 0.15) is 12.7 Å². The van der Waals surface area contributed by atoms with Gasteiger partial charge in [0, 0.05) is 29.2 Å². The third-order valence-electron chi connectivity index (χ3n) is 5.29. The first-order chi connectivity index (χ1) is 17.5. The summed E-state index contributed by atoms with van der Waals surface area (Å²) < 4.78 is 4.90. The minimum Gasteiger partial charge on any atom is -0.460 e. The van der Waals surface area contributed by atoms with Crippen LogP contribution < -0.4 is 10.6 Å². The Bertz CT molecular complexity index is 1280. The summed E-state index contributed by atoms with van der Waals surface area (Å²) in [5.41, 5.74) is 4.39. The summed E-state index contributed by atoms with van der Waals surface area (Å²) in [6.07, 6.45) is 1.11. The smallest absolute Gasteiger partial charge is 0.333 e. The third-order valence-corrected chi connectivity index (χ3v) is 5.29. The van der Waals surface area contributed by atoms with Crippen LogP contribution >= 0.6 is 0 Å². The topological polar surface area (TPSA) is 70.6 Å². The Hall–Kier alpha value is -4.35. The first-order valence-electron chi connectivity index (χ1n) is 11.7. The summed E-state index contributed by atoms with van der Waals surface area (Å²) in [5.74, 6) is -0.495. The largest absolute Gasteiger partial charge is 0.460 e. The van der Waals surface area contributed by atoms with Gasteiger partial charge in [-0.1, -0.05) is 79.9 Å². The molecular weight excluding hydrogens is 448 g/mol. The SMILES string of the molecule is C=C(C)C(=O)OCC(O)CNc1ccc(Nc2ccccc2)cc1.C=Cc1cccc2ccccc12. The Balaban J connectivity index is 0.000000249. The summed E-state index contributed by atoms with van der Waals surface area (Å²) in [7, 11) is 0. The van der Waals surface area contributed by atoms with Crippen molar-refractivity contribution in [3.8, 4) is 0 Å². The number of nitrogens with one attached hydrogen (secondary N) is 2. The Morgan fingerprint density at radius 1 is 0.889 bits per heavy atom. The highest BCUT2D eigenvalue weighted by molar-refractivity contribution is 5.90. The summed E-state index contributed by atoms with van der Waals surface area (Å²) in [6.45, 7) is 9.06. The second kappa shape index (κ2) is 13.5. The third kappa shape index (κ3) is 8.15. The molecule has 0 radical (unpaired) electrons. The van der Waals surface area contributed by atoms with Crippen molar-refractivity contribution in [3.05, 3.63) is 121 Å². The predicted octanol–water partition coefficient (Wildman–Crippen LogP) is 6.81. The average molecular weight is 481 g/mol. The molecule has 0 bridgehead atoms. The molecule has 0 aromatic heterocycles. The van der Waals surface area contributed by atoms with Gasteiger partial charge in [-0.05, 0) is 59.7 Å². The fourth-order valence-electron chi connectivity index (χ4n) is 3.38. The number of anilines is 3. The van der Waals surface area contributed by atoms with E-state index in [-0.39, 0.29) is 13.2 Å². The monoisotopic (exact) mass is 480 g/mol. The molecular formula is C31H32N2O3. The molecule has 0 fully saturated rings. The molecule has 1 unspecified atom stereocenters. The lowest BCUT2D eigenvalue weighted by atomic mass is 10.1. The van der Waals surface area contributed by atoms with Crippen LogP contribution in [0.25, 0.3) is 16.8 Å². The van der Waals surface area contributed by atoms with E-state index in [0.717, 1.165) is 17.1 Å². The van der Waals surface area contributed by atoms with Crippen molar-refractivity contribution in [1.82, 2.24) is 0 Å². The maximum atomic E-state index is 11.2. The van der Waals surface area contributed by atoms with Crippen LogP contribution in [0, 0.1) is 0 Å². The molecule has 0 spiro atoms. The lowest BCUT2D eigenvalue weighted by Gasteiger charge is -2.14. The first kappa shape index (κ1) is 26.3. The minimum atomic E-state index is -0.782. The Morgan fingerprint density at radius 3 is 2.19 bits per heavy atom. The number of aliphatic hydroxyl groups is 1. The van der Waals surface area contributed by atoms with Crippen LogP contribution in [0.5, 0.6) is 0 Å². The van der Waals surface area contributed by atoms with Gasteiger partial charge in [-0.2, -0.15) is 0 Å². The first-order valence-corrected chi connectivity index (χ1v) is 11.7. The highest BCUT2D eigenvalue weighted by Gasteiger charge is 2.09. The minimum absolute atomic E-state index is 0.0632. The molecule has 1 atom stereocenters. The van der Waals surface area contributed by atoms with Crippen LogP contribution in [0.3, 0.4) is 0 Å². The van der Waals surface area contributed by atoms with Crippen LogP contribution in [0.15, 0.2) is 116 Å². The summed E-state index contributed by atoms with van der Waals surface area (Å²) in [4.78, 5) is 11.2. The number of carbonyl (C=O) groups excluding carboxylic acids is 1. The fraction of sp³-hybridized carbons (Fsp3) is 0.129. The molecule has 4 aromatic rings. The van der Waals surface area contributed by atoms with Crippen LogP contribution in [-0.2, 0) is 9.53 Å². The number of hydrogen-bond acceptors (Lipinski definition) is 5. The van der Waals surface area contributed by atoms with Crippen molar-refractivity contribution in [2.24, 2.45) is 0 Å². The quantitative estimate of drug-likeness (QED) is 0.181. The lowest BCUT2D eigenvalue weighted by Crippen LogP contribution is -2.26. The van der Waals surface area contributed by atoms with Gasteiger partial charge in [-0.25, -0.2) is 4.79 Å². The van der Waals surface area contributed by atoms with Crippen molar-refractivity contribution in [3.63, 3.8) is 0 Å². The van der Waals surface area contributed by atoms with Crippen molar-refractivity contribution in [2.75, 3.05) is 23.8 Å². The van der Waals surface area contributed by atoms with Gasteiger partial charge in [0.2, 0.25) is 0 Å². The van der Waals surface area contributed by atoms with Crippen molar-refractivity contribution in [1.29, 1.82) is 0 Å². The highest BCUT2D eigenvalue weighted by atomic mass is 16.5. The van der Waals surface area contributed by atoms with E-state index in [2.05, 4.69) is 66.3 Å². The van der Waals surface area contributed by atoms with Crippen LogP contribution in [0.1, 0.15) is 12.5 Å². The number of aliphatic hydroxyl groups excluding tert-OH is 1. The summed E-state index contributed by atoms with van der Waals surface area (Å²) in [6, 6.07) is 32.2. The number of carbonyl (C=O) groups is 1. The molecule has 0 aliphatic heterocycles. The maximum absolute atomic E-state index is 11.2. The number of para-hydroxylation sites is 1. The standard InChI is InChI=1S/C19H22N2O3.C12H10/c1-14(2)19(23)24-13-18(22)12-20-15-8-10-17(11-9-15)21-16-6-4-3-5-7-16;1-2-10-7-5-8-11-6-3-4-9-12(10)11/h3-11,18,20-22H,1,12-13H2,2H3;2-9H,1H2. The molecule has 5 heteroatoms. The molecule has 0 amide bonds. The van der Waals surface area contributed by atoms with Gasteiger partial charge in [-0.3, -0.25) is 0 Å². The van der Waals surface area contributed by atoms with Crippen LogP contribution in [0.2, 0.25) is 0 Å². The molecule has 0 saturated heterocycles. The number of rotatable bonds is 9. The molecule has 4 aromatic carbocycles. The number of benzene rings is 4. The van der Waals surface area contributed by atoms with E-state index in [0.29, 0.717) is 5.57 Å². The lowest BCUT2D eigenvalue weighted by molar-refractivity contribution is -0.141. The van der Waals surface area contributed by atoms with E-state index >= 15 is 0 Å². The number of ether oxygens (including phenoxy) is 1. The van der Waals surface area contributed by atoms with E-state index in [1.165, 1.54) is 16.3 Å². The van der Waals surface area contributed by atoms with E-state index in [1.54, 1.807) is 6.92 Å². The van der Waals surface area contributed by atoms with Crippen LogP contribution in [0.4, 0.5) is 17.1 Å². The second-order valence-electron chi connectivity index (χ2n) is 8.25. The Kier molecular flexibility index (Phi) is 9.86. The summed E-state index contributed by atoms with van der Waals surface area (Å²) in [5, 5.41) is 18.7. The van der Waals surface area contributed by atoms with E-state index in [1.807, 2.05) is 60.7 Å². The Labute approximate surface area is 212 Å². The molecule has 4 rings (SSSR count). The van der Waals surface area contributed by atoms with Gasteiger partial charge in [0.05, 0.1) is 0 Å². The Morgan fingerprint density at radius 2 is 1.50 bits per heavy atom. The fourth-order valence-corrected chi connectivity index (χ4v) is 3.38. The van der Waals surface area contributed by atoms with Crippen molar-refractivity contribution >= 4 is 39.9 Å². The zero-order chi connectivity index (χ0) is 25.8. The normalized spacial score (nSPS) is 10.9. The molecule has 184 valence electrons. The molecule has 0 saturated carbocycles. The molecule has 5 nitrogen and oxygen atoms in total. The number of esters is 1. The van der Waals surface area contributed by atoms with Gasteiger partial charge < -0.3 is 20.5 Å². The van der Waals surface area contributed by atoms with Crippen molar-refractivity contribution < 1.29 is 14.6 Å². The predicted molar refractivity (Wildman–Crippen MR) is 150 cm³/mol. The molecule has 0 heterocycles. The zero-order valence-electron chi connectivity index (χ0n) is 20.5. The van der Waals surface area contributed by atoms with Crippen molar-refractivity contribution in [2.45, 2.75) is 13.0 Å². The van der Waals surface area contributed by atoms with Gasteiger partial charge in [0.25, 0.3) is 0 Å². The van der Waals surface area contributed by atoms with Gasteiger partial charge >= 0.3 is 5.97 Å². The van der Waals surface area contributed by atoms with Crippen LogP contribution in [-0.4, -0.2) is 30.3 Å². The molecule has 36 heavy (non-hydrogen) atoms. The molecule has 0 aliphatic rings. The van der Waals surface area contributed by atoms with E-state index < -0.39 is 12.1 Å². The number of hydrogen-bond donors (Lipinski definition) is 3. The van der Waals surface area contributed by atoms with Gasteiger partial charge in [0.15, 0.2) is 0 Å². The van der Waals surface area contributed by atoms with E-state index in [4.69, 9.17) is 4.74 Å². The highest BCUT2D eigenvalue weighted by Crippen LogP contribution is 2.19. The summed E-state index contributed by atoms with van der Waals surface area (Å²) >= 11 is 0. The number of fused-ring (bicyclic) bond motifs is 1. The molecule has 0 aliphatic carbocycles. The second-order valence-corrected chi connectivity index (χ2v) is 8.25. The zero-order valence-corrected chi connectivity index (χ0v) is 20.5.